The number of thiophene rings is 1. The number of nitrogens with zero attached hydrogens (tertiary/aromatic N) is 2. The van der Waals surface area contributed by atoms with E-state index in [0.29, 0.717) is 5.82 Å². The predicted octanol–water partition coefficient (Wildman–Crippen LogP) is 17.1. The molecule has 0 saturated carbocycles. The van der Waals surface area contributed by atoms with Gasteiger partial charge >= 0.3 is 0 Å². The fraction of sp³-hybridized carbons (Fsp3) is 0.0312. The highest BCUT2D eigenvalue weighted by Gasteiger charge is 2.29. The van der Waals surface area contributed by atoms with Crippen LogP contribution >= 0.6 is 11.3 Å². The Balaban J connectivity index is 1.12. The van der Waals surface area contributed by atoms with Crippen LogP contribution in [-0.4, -0.2) is 9.97 Å². The molecule has 0 N–H and O–H groups in total. The molecule has 312 valence electrons. The van der Waals surface area contributed by atoms with E-state index in [2.05, 4.69) is 218 Å². The van der Waals surface area contributed by atoms with Crippen LogP contribution in [0.25, 0.3) is 120 Å². The van der Waals surface area contributed by atoms with Gasteiger partial charge in [-0.15, -0.1) is 11.3 Å². The third-order valence-electron chi connectivity index (χ3n) is 14.2. The van der Waals surface area contributed by atoms with Crippen LogP contribution in [0, 0.1) is 0 Å². The van der Waals surface area contributed by atoms with Gasteiger partial charge in [0.15, 0.2) is 5.82 Å². The van der Waals surface area contributed by atoms with Crippen LogP contribution < -0.4 is 0 Å². The van der Waals surface area contributed by atoms with Gasteiger partial charge in [-0.1, -0.05) is 188 Å². The van der Waals surface area contributed by atoms with Gasteiger partial charge in [0.1, 0.15) is 0 Å². The van der Waals surface area contributed by atoms with Gasteiger partial charge in [0, 0.05) is 42.4 Å². The molecule has 0 bridgehead atoms. The topological polar surface area (TPSA) is 25.8 Å². The van der Waals surface area contributed by atoms with Gasteiger partial charge < -0.3 is 0 Å². The van der Waals surface area contributed by atoms with E-state index in [4.69, 9.17) is 9.97 Å². The van der Waals surface area contributed by atoms with E-state index in [1.807, 2.05) is 11.3 Å². The van der Waals surface area contributed by atoms with Gasteiger partial charge in [0.25, 0.3) is 0 Å². The summed E-state index contributed by atoms with van der Waals surface area (Å²) >= 11 is 1.88. The van der Waals surface area contributed by atoms with Crippen LogP contribution in [0.3, 0.4) is 0 Å². The molecule has 0 amide bonds. The maximum Gasteiger partial charge on any atom is 0.160 e. The molecule has 0 spiro atoms. The molecule has 2 heterocycles. The van der Waals surface area contributed by atoms with E-state index in [9.17, 15) is 0 Å². The molecule has 2 aliphatic rings. The first-order chi connectivity index (χ1) is 33.2. The Bertz CT molecular complexity index is 3990. The summed E-state index contributed by atoms with van der Waals surface area (Å²) in [6, 6.07) is 80.3. The second-order valence-corrected chi connectivity index (χ2v) is 19.0. The van der Waals surface area contributed by atoms with Crippen LogP contribution in [0.2, 0.25) is 0 Å². The predicted molar refractivity (Wildman–Crippen MR) is 282 cm³/mol. The first-order valence-electron chi connectivity index (χ1n) is 23.1. The number of hydrogen-bond acceptors (Lipinski definition) is 3. The Morgan fingerprint density at radius 2 is 0.881 bits per heavy atom. The Morgan fingerprint density at radius 3 is 1.66 bits per heavy atom. The zero-order chi connectivity index (χ0) is 44.0. The van der Waals surface area contributed by atoms with Crippen molar-refractivity contribution in [1.82, 2.24) is 9.97 Å². The molecular weight excluding hydrogens is 829 g/mol. The van der Waals surface area contributed by atoms with E-state index in [0.717, 1.165) is 46.5 Å². The molecule has 2 nitrogen and oxygen atoms in total. The second-order valence-electron chi connectivity index (χ2n) is 17.9. The van der Waals surface area contributed by atoms with E-state index in [-0.39, 0.29) is 0 Å². The molecule has 2 aliphatic carbocycles. The van der Waals surface area contributed by atoms with Crippen LogP contribution in [0.4, 0.5) is 0 Å². The highest BCUT2D eigenvalue weighted by atomic mass is 32.1. The maximum atomic E-state index is 5.67. The fourth-order valence-corrected chi connectivity index (χ4v) is 12.3. The molecule has 10 aromatic carbocycles. The van der Waals surface area contributed by atoms with Crippen molar-refractivity contribution >= 4 is 42.3 Å². The van der Waals surface area contributed by atoms with Crippen LogP contribution in [-0.2, 0) is 12.8 Å². The highest BCUT2D eigenvalue weighted by molar-refractivity contribution is 7.26. The molecule has 0 aliphatic heterocycles. The quantitative estimate of drug-likeness (QED) is 0.166. The van der Waals surface area contributed by atoms with Crippen molar-refractivity contribution < 1.29 is 0 Å². The van der Waals surface area contributed by atoms with E-state index >= 15 is 0 Å². The lowest BCUT2D eigenvalue weighted by atomic mass is 9.83. The first-order valence-corrected chi connectivity index (χ1v) is 24.0. The lowest BCUT2D eigenvalue weighted by molar-refractivity contribution is 1.18. The van der Waals surface area contributed by atoms with Crippen LogP contribution in [0.5, 0.6) is 0 Å². The normalized spacial score (nSPS) is 12.4. The Hall–Kier alpha value is -8.24. The smallest absolute Gasteiger partial charge is 0.160 e. The number of rotatable bonds is 6. The van der Waals surface area contributed by atoms with Gasteiger partial charge in [0.05, 0.1) is 11.4 Å². The maximum absolute atomic E-state index is 5.67. The minimum atomic E-state index is 0.701. The average molecular weight is 869 g/mol. The molecule has 0 saturated heterocycles. The van der Waals surface area contributed by atoms with Crippen molar-refractivity contribution in [2.24, 2.45) is 0 Å². The number of benzene rings is 10. The summed E-state index contributed by atoms with van der Waals surface area (Å²) in [5, 5.41) is 4.94. The largest absolute Gasteiger partial charge is 0.228 e. The fourth-order valence-electron chi connectivity index (χ4n) is 11.1. The van der Waals surface area contributed by atoms with Gasteiger partial charge in [0.2, 0.25) is 0 Å². The molecule has 12 aromatic rings. The van der Waals surface area contributed by atoms with Gasteiger partial charge in [-0.05, 0) is 126 Å². The summed E-state index contributed by atoms with van der Waals surface area (Å²) < 4.78 is 2.56. The Labute approximate surface area is 393 Å². The van der Waals surface area contributed by atoms with Crippen molar-refractivity contribution in [2.75, 3.05) is 0 Å². The summed E-state index contributed by atoms with van der Waals surface area (Å²) in [5.41, 5.74) is 22.9. The summed E-state index contributed by atoms with van der Waals surface area (Å²) in [6.45, 7) is 0. The summed E-state index contributed by atoms with van der Waals surface area (Å²) in [6.07, 6.45) is 1.77. The molecular formula is C64H40N2S. The third-order valence-corrected chi connectivity index (χ3v) is 15.4. The molecule has 0 fully saturated rings. The van der Waals surface area contributed by atoms with Crippen molar-refractivity contribution in [1.29, 1.82) is 0 Å². The number of fused-ring (bicyclic) bond motifs is 10. The Morgan fingerprint density at radius 1 is 0.328 bits per heavy atom. The van der Waals surface area contributed by atoms with Gasteiger partial charge in [-0.25, -0.2) is 9.97 Å². The molecule has 14 rings (SSSR count). The van der Waals surface area contributed by atoms with Crippen molar-refractivity contribution in [2.45, 2.75) is 12.8 Å². The van der Waals surface area contributed by atoms with Crippen molar-refractivity contribution in [3.05, 3.63) is 241 Å². The molecule has 0 unspecified atom stereocenters. The molecule has 3 heteroatoms. The molecule has 0 atom stereocenters. The Kier molecular flexibility index (Phi) is 8.62. The minimum absolute atomic E-state index is 0.701. The molecule has 2 aromatic heterocycles. The van der Waals surface area contributed by atoms with Gasteiger partial charge in [-0.2, -0.15) is 0 Å². The lowest BCUT2D eigenvalue weighted by Gasteiger charge is -2.22. The highest BCUT2D eigenvalue weighted by Crippen LogP contribution is 2.52. The van der Waals surface area contributed by atoms with Gasteiger partial charge in [-0.3, -0.25) is 0 Å². The number of aromatic nitrogens is 2. The summed E-state index contributed by atoms with van der Waals surface area (Å²) in [5.74, 6) is 0.701. The zero-order valence-electron chi connectivity index (χ0n) is 36.5. The van der Waals surface area contributed by atoms with Crippen LogP contribution in [0.1, 0.15) is 22.3 Å². The van der Waals surface area contributed by atoms with E-state index in [1.54, 1.807) is 0 Å². The number of hydrogen-bond donors (Lipinski definition) is 0. The third kappa shape index (κ3) is 6.16. The molecule has 0 radical (unpaired) electrons. The average Bonchev–Trinajstić information content (AvgIpc) is 4.10. The van der Waals surface area contributed by atoms with Crippen LogP contribution in [0.15, 0.2) is 218 Å². The van der Waals surface area contributed by atoms with Crippen molar-refractivity contribution in [3.63, 3.8) is 0 Å². The second kappa shape index (κ2) is 15.2. The van der Waals surface area contributed by atoms with E-state index in [1.165, 1.54) is 103 Å². The standard InChI is InChI=1S/C64H40N2S/c1-2-16-40(17-3-1)64-65-59(44-32-31-39-15-4-5-18-41(39)33-44)38-60(66-64)62-57(51-27-13-26-50-47-22-9-7-20-43(47)35-56(50)51)36-45(48-24-12-25-49-46-21-8-6-19-42(46)34-55(48)49)37-58(62)54-29-14-28-53-52-23-10-11-30-61(52)67-63(53)54/h1-33,36-38H,34-35H2. The summed E-state index contributed by atoms with van der Waals surface area (Å²) in [7, 11) is 0. The zero-order valence-corrected chi connectivity index (χ0v) is 37.3. The summed E-state index contributed by atoms with van der Waals surface area (Å²) in [4.78, 5) is 11.1. The SMILES string of the molecule is c1ccc(-c2nc(-c3ccc4ccccc4c3)cc(-c3c(-c4cccc5c4Cc4ccccc4-5)cc(-c4cccc5c4Cc4ccccc4-5)cc3-c3cccc4c3sc3ccccc34)n2)cc1. The van der Waals surface area contributed by atoms with E-state index < -0.39 is 0 Å². The monoisotopic (exact) mass is 868 g/mol. The minimum Gasteiger partial charge on any atom is -0.228 e. The lowest BCUT2D eigenvalue weighted by Crippen LogP contribution is -2.01. The van der Waals surface area contributed by atoms with Crippen molar-refractivity contribution in [3.8, 4) is 89.5 Å². The first kappa shape index (κ1) is 38.1. The molecule has 67 heavy (non-hydrogen) atoms.